The second kappa shape index (κ2) is 7.71. The molecular weight excluding hydrogens is 366 g/mol. The number of carbonyl (C=O) groups is 2. The molecule has 8 heteroatoms. The van der Waals surface area contributed by atoms with E-state index >= 15 is 0 Å². The number of anilines is 1. The van der Waals surface area contributed by atoms with E-state index in [0.717, 1.165) is 4.88 Å². The molecule has 0 aliphatic rings. The molecule has 2 aromatic heterocycles. The van der Waals surface area contributed by atoms with Crippen molar-refractivity contribution in [3.05, 3.63) is 57.0 Å². The molecule has 0 fully saturated rings. The molecule has 0 aliphatic heterocycles. The van der Waals surface area contributed by atoms with Crippen LogP contribution in [0.25, 0.3) is 10.2 Å². The van der Waals surface area contributed by atoms with Crippen LogP contribution in [0.5, 0.6) is 0 Å². The normalized spacial score (nSPS) is 10.8. The van der Waals surface area contributed by atoms with Crippen LogP contribution >= 0.6 is 11.3 Å². The Morgan fingerprint density at radius 3 is 2.59 bits per heavy atom. The summed E-state index contributed by atoms with van der Waals surface area (Å²) in [7, 11) is 0. The zero-order chi connectivity index (χ0) is 19.6. The number of benzene rings is 1. The van der Waals surface area contributed by atoms with Gasteiger partial charge in [-0.3, -0.25) is 14.2 Å². The molecule has 0 atom stereocenters. The summed E-state index contributed by atoms with van der Waals surface area (Å²) in [4.78, 5) is 42.7. The van der Waals surface area contributed by atoms with E-state index in [1.165, 1.54) is 15.9 Å². The van der Waals surface area contributed by atoms with E-state index in [1.807, 2.05) is 6.92 Å². The number of nitrogens with one attached hydrogen (secondary N) is 1. The number of ether oxygens (including phenoxy) is 1. The summed E-state index contributed by atoms with van der Waals surface area (Å²) < 4.78 is 6.28. The maximum atomic E-state index is 12.6. The average molecular weight is 385 g/mol. The van der Waals surface area contributed by atoms with E-state index in [0.29, 0.717) is 33.9 Å². The predicted octanol–water partition coefficient (Wildman–Crippen LogP) is 2.89. The molecule has 0 saturated carbocycles. The van der Waals surface area contributed by atoms with E-state index in [1.54, 1.807) is 44.2 Å². The molecule has 3 rings (SSSR count). The number of aryl methyl sites for hydroxylation is 2. The molecule has 7 nitrogen and oxygen atoms in total. The molecule has 1 amide bonds. The molecule has 2 heterocycles. The van der Waals surface area contributed by atoms with E-state index in [4.69, 9.17) is 4.74 Å². The molecule has 0 saturated heterocycles. The molecule has 0 spiro atoms. The summed E-state index contributed by atoms with van der Waals surface area (Å²) in [6, 6.07) is 8.17. The number of amides is 1. The van der Waals surface area contributed by atoms with Crippen LogP contribution in [-0.2, 0) is 16.1 Å². The number of rotatable bonds is 5. The minimum absolute atomic E-state index is 0.137. The molecule has 1 N–H and O–H groups in total. The van der Waals surface area contributed by atoms with Gasteiger partial charge in [-0.1, -0.05) is 0 Å². The van der Waals surface area contributed by atoms with Gasteiger partial charge in [0.15, 0.2) is 0 Å². The van der Waals surface area contributed by atoms with Crippen LogP contribution in [0, 0.1) is 13.8 Å². The van der Waals surface area contributed by atoms with Gasteiger partial charge in [0.2, 0.25) is 5.91 Å². The SMILES string of the molecule is CCOC(=O)c1ccc(NC(=O)Cn2c(C)nc3sc(C)cc3c2=O)cc1. The molecule has 3 aromatic rings. The molecule has 0 radical (unpaired) electrons. The Labute approximate surface area is 159 Å². The number of nitrogens with zero attached hydrogens (tertiary/aromatic N) is 2. The highest BCUT2D eigenvalue weighted by Gasteiger charge is 2.14. The van der Waals surface area contributed by atoms with Gasteiger partial charge in [-0.15, -0.1) is 11.3 Å². The molecule has 27 heavy (non-hydrogen) atoms. The van der Waals surface area contributed by atoms with Crippen molar-refractivity contribution in [1.82, 2.24) is 9.55 Å². The van der Waals surface area contributed by atoms with Crippen LogP contribution in [0.3, 0.4) is 0 Å². The molecule has 0 aliphatic carbocycles. The third kappa shape index (κ3) is 4.06. The van der Waals surface area contributed by atoms with Crippen LogP contribution in [-0.4, -0.2) is 28.0 Å². The van der Waals surface area contributed by atoms with Crippen molar-refractivity contribution < 1.29 is 14.3 Å². The second-order valence-corrected chi connectivity index (χ2v) is 7.21. The number of thiophene rings is 1. The standard InChI is InChI=1S/C19H19N3O4S/c1-4-26-19(25)13-5-7-14(8-6-13)21-16(23)10-22-12(3)20-17-15(18(22)24)9-11(2)27-17/h5-9H,4,10H2,1-3H3,(H,21,23). The summed E-state index contributed by atoms with van der Waals surface area (Å²) in [6.45, 7) is 5.52. The van der Waals surface area contributed by atoms with Crippen LogP contribution in [0.2, 0.25) is 0 Å². The second-order valence-electron chi connectivity index (χ2n) is 5.97. The van der Waals surface area contributed by atoms with Crippen molar-refractivity contribution in [2.24, 2.45) is 0 Å². The summed E-state index contributed by atoms with van der Waals surface area (Å²) in [6.07, 6.45) is 0. The Bertz CT molecular complexity index is 1070. The quantitative estimate of drug-likeness (QED) is 0.682. The third-order valence-corrected chi connectivity index (χ3v) is 4.89. The summed E-state index contributed by atoms with van der Waals surface area (Å²) in [5, 5.41) is 3.24. The first-order valence-corrected chi connectivity index (χ1v) is 9.25. The highest BCUT2D eigenvalue weighted by Crippen LogP contribution is 2.20. The van der Waals surface area contributed by atoms with Crippen LogP contribution in [0.4, 0.5) is 5.69 Å². The van der Waals surface area contributed by atoms with E-state index in [2.05, 4.69) is 10.3 Å². The Morgan fingerprint density at radius 1 is 1.22 bits per heavy atom. The lowest BCUT2D eigenvalue weighted by Crippen LogP contribution is -2.29. The summed E-state index contributed by atoms with van der Waals surface area (Å²) in [5.74, 6) is -0.276. The fraction of sp³-hybridized carbons (Fsp3) is 0.263. The van der Waals surface area contributed by atoms with E-state index in [-0.39, 0.29) is 18.0 Å². The van der Waals surface area contributed by atoms with Crippen molar-refractivity contribution in [3.63, 3.8) is 0 Å². The van der Waals surface area contributed by atoms with Crippen LogP contribution in [0.1, 0.15) is 28.0 Å². The van der Waals surface area contributed by atoms with Gasteiger partial charge >= 0.3 is 5.97 Å². The first-order valence-electron chi connectivity index (χ1n) is 8.43. The van der Waals surface area contributed by atoms with Crippen molar-refractivity contribution in [2.75, 3.05) is 11.9 Å². The minimum atomic E-state index is -0.414. The molecule has 1 aromatic carbocycles. The van der Waals surface area contributed by atoms with Gasteiger partial charge in [-0.2, -0.15) is 0 Å². The predicted molar refractivity (Wildman–Crippen MR) is 104 cm³/mol. The lowest BCUT2D eigenvalue weighted by atomic mass is 10.2. The van der Waals surface area contributed by atoms with Gasteiger partial charge in [0.25, 0.3) is 5.56 Å². The van der Waals surface area contributed by atoms with Gasteiger partial charge in [0, 0.05) is 10.6 Å². The van der Waals surface area contributed by atoms with Gasteiger partial charge < -0.3 is 10.1 Å². The number of aromatic nitrogens is 2. The highest BCUT2D eigenvalue weighted by molar-refractivity contribution is 7.18. The van der Waals surface area contributed by atoms with Gasteiger partial charge in [0.05, 0.1) is 17.6 Å². The molecule has 0 bridgehead atoms. The Kier molecular flexibility index (Phi) is 5.36. The first-order chi connectivity index (χ1) is 12.9. The van der Waals surface area contributed by atoms with Crippen LogP contribution < -0.4 is 10.9 Å². The number of esters is 1. The lowest BCUT2D eigenvalue weighted by Gasteiger charge is -2.10. The fourth-order valence-corrected chi connectivity index (χ4v) is 3.59. The van der Waals surface area contributed by atoms with Crippen LogP contribution in [0.15, 0.2) is 35.1 Å². The molecule has 140 valence electrons. The Hall–Kier alpha value is -3.00. The number of hydrogen-bond donors (Lipinski definition) is 1. The van der Waals surface area contributed by atoms with E-state index < -0.39 is 5.97 Å². The van der Waals surface area contributed by atoms with Crippen molar-refractivity contribution in [3.8, 4) is 0 Å². The Morgan fingerprint density at radius 2 is 1.93 bits per heavy atom. The highest BCUT2D eigenvalue weighted by atomic mass is 32.1. The van der Waals surface area contributed by atoms with Crippen molar-refractivity contribution >= 4 is 39.1 Å². The Balaban J connectivity index is 1.75. The fourth-order valence-electron chi connectivity index (χ4n) is 2.67. The topological polar surface area (TPSA) is 90.3 Å². The largest absolute Gasteiger partial charge is 0.462 e. The van der Waals surface area contributed by atoms with E-state index in [9.17, 15) is 14.4 Å². The van der Waals surface area contributed by atoms with Crippen molar-refractivity contribution in [2.45, 2.75) is 27.3 Å². The monoisotopic (exact) mass is 385 g/mol. The van der Waals surface area contributed by atoms with Gasteiger partial charge in [-0.05, 0) is 51.1 Å². The first kappa shape index (κ1) is 18.8. The number of fused-ring (bicyclic) bond motifs is 1. The smallest absolute Gasteiger partial charge is 0.338 e. The average Bonchev–Trinajstić information content (AvgIpc) is 3.00. The zero-order valence-corrected chi connectivity index (χ0v) is 16.1. The zero-order valence-electron chi connectivity index (χ0n) is 15.2. The lowest BCUT2D eigenvalue weighted by molar-refractivity contribution is -0.116. The van der Waals surface area contributed by atoms with Gasteiger partial charge in [0.1, 0.15) is 17.2 Å². The minimum Gasteiger partial charge on any atom is -0.462 e. The summed E-state index contributed by atoms with van der Waals surface area (Å²) in [5.41, 5.74) is 0.707. The number of carbonyl (C=O) groups excluding carboxylic acids is 2. The number of hydrogen-bond acceptors (Lipinski definition) is 6. The van der Waals surface area contributed by atoms with Gasteiger partial charge in [-0.25, -0.2) is 9.78 Å². The molecular formula is C19H19N3O4S. The maximum absolute atomic E-state index is 12.6. The molecule has 0 unspecified atom stereocenters. The van der Waals surface area contributed by atoms with Crippen molar-refractivity contribution in [1.29, 1.82) is 0 Å². The summed E-state index contributed by atoms with van der Waals surface area (Å²) >= 11 is 1.45. The maximum Gasteiger partial charge on any atom is 0.338 e. The third-order valence-electron chi connectivity index (χ3n) is 3.95.